The Labute approximate surface area is 109 Å². The van der Waals surface area contributed by atoms with E-state index >= 15 is 0 Å². The molecule has 0 aliphatic carbocycles. The van der Waals surface area contributed by atoms with Gasteiger partial charge in [-0.05, 0) is 38.1 Å². The summed E-state index contributed by atoms with van der Waals surface area (Å²) < 4.78 is 0. The van der Waals surface area contributed by atoms with Crippen LogP contribution >= 0.6 is 0 Å². The zero-order valence-electron chi connectivity index (χ0n) is 11.4. The molecule has 17 heavy (non-hydrogen) atoms. The van der Waals surface area contributed by atoms with E-state index in [1.165, 1.54) is 32.4 Å². The standard InChI is InChI=1S/C5H11N.C5H5N.2C2H6.CH4/c2*1-2-4-6-5-3-1;2*1-2;/h6H,1-5H2;1-5H;2*1-2H3;1H4. The first-order valence-corrected chi connectivity index (χ1v) is 6.56. The molecule has 0 spiro atoms. The highest BCUT2D eigenvalue weighted by atomic mass is 14.9. The number of nitrogens with one attached hydrogen (secondary N) is 1. The lowest BCUT2D eigenvalue weighted by Crippen LogP contribution is -2.21. The van der Waals surface area contributed by atoms with E-state index in [1.54, 1.807) is 12.4 Å². The van der Waals surface area contributed by atoms with Gasteiger partial charge in [0.25, 0.3) is 0 Å². The van der Waals surface area contributed by atoms with Crippen LogP contribution in [0.2, 0.25) is 0 Å². The van der Waals surface area contributed by atoms with E-state index in [1.807, 2.05) is 45.9 Å². The van der Waals surface area contributed by atoms with Crippen molar-refractivity contribution < 1.29 is 0 Å². The summed E-state index contributed by atoms with van der Waals surface area (Å²) in [6.45, 7) is 10.5. The van der Waals surface area contributed by atoms with Crippen molar-refractivity contribution in [2.75, 3.05) is 13.1 Å². The molecule has 1 aliphatic heterocycles. The first-order valence-electron chi connectivity index (χ1n) is 6.56. The van der Waals surface area contributed by atoms with Gasteiger partial charge in [-0.1, -0.05) is 47.6 Å². The van der Waals surface area contributed by atoms with Crippen molar-refractivity contribution in [3.8, 4) is 0 Å². The van der Waals surface area contributed by atoms with Gasteiger partial charge in [-0.15, -0.1) is 0 Å². The second-order valence-electron chi connectivity index (χ2n) is 2.84. The minimum Gasteiger partial charge on any atom is -0.317 e. The van der Waals surface area contributed by atoms with Crippen molar-refractivity contribution in [2.45, 2.75) is 54.4 Å². The number of hydrogen-bond acceptors (Lipinski definition) is 2. The monoisotopic (exact) mass is 240 g/mol. The maximum absolute atomic E-state index is 3.78. The summed E-state index contributed by atoms with van der Waals surface area (Å²) in [4.78, 5) is 3.78. The van der Waals surface area contributed by atoms with Crippen molar-refractivity contribution in [1.82, 2.24) is 10.3 Å². The average Bonchev–Trinajstić information content (AvgIpc) is 2.48. The van der Waals surface area contributed by atoms with Crippen molar-refractivity contribution in [3.05, 3.63) is 30.6 Å². The van der Waals surface area contributed by atoms with Gasteiger partial charge in [0.05, 0.1) is 0 Å². The topological polar surface area (TPSA) is 24.9 Å². The van der Waals surface area contributed by atoms with E-state index in [4.69, 9.17) is 0 Å². The summed E-state index contributed by atoms with van der Waals surface area (Å²) in [6, 6.07) is 5.72. The molecule has 0 bridgehead atoms. The van der Waals surface area contributed by atoms with E-state index in [-0.39, 0.29) is 7.43 Å². The molecule has 2 nitrogen and oxygen atoms in total. The average molecular weight is 240 g/mol. The number of rotatable bonds is 0. The first kappa shape index (κ1) is 21.4. The maximum Gasteiger partial charge on any atom is 0.0267 e. The number of piperidine rings is 1. The van der Waals surface area contributed by atoms with Gasteiger partial charge < -0.3 is 5.32 Å². The van der Waals surface area contributed by atoms with Gasteiger partial charge in [-0.3, -0.25) is 4.98 Å². The van der Waals surface area contributed by atoms with Gasteiger partial charge in [-0.25, -0.2) is 0 Å². The number of pyridine rings is 1. The van der Waals surface area contributed by atoms with Gasteiger partial charge in [0.2, 0.25) is 0 Å². The molecule has 1 aromatic heterocycles. The highest BCUT2D eigenvalue weighted by molar-refractivity contribution is 4.88. The highest BCUT2D eigenvalue weighted by Gasteiger charge is 1.93. The minimum absolute atomic E-state index is 0. The Bertz CT molecular complexity index is 133. The third kappa shape index (κ3) is 21.0. The van der Waals surface area contributed by atoms with Crippen LogP contribution in [0.1, 0.15) is 54.4 Å². The summed E-state index contributed by atoms with van der Waals surface area (Å²) in [5.41, 5.74) is 0. The van der Waals surface area contributed by atoms with Gasteiger partial charge in [0.1, 0.15) is 0 Å². The van der Waals surface area contributed by atoms with Gasteiger partial charge >= 0.3 is 0 Å². The van der Waals surface area contributed by atoms with Crippen LogP contribution in [0.3, 0.4) is 0 Å². The molecule has 2 heterocycles. The smallest absolute Gasteiger partial charge is 0.0267 e. The fourth-order valence-corrected chi connectivity index (χ4v) is 1.11. The van der Waals surface area contributed by atoms with Crippen LogP contribution in [-0.4, -0.2) is 18.1 Å². The van der Waals surface area contributed by atoms with E-state index in [0.29, 0.717) is 0 Å². The summed E-state index contributed by atoms with van der Waals surface area (Å²) in [7, 11) is 0. The third-order valence-electron chi connectivity index (χ3n) is 1.77. The molecule has 1 aromatic rings. The van der Waals surface area contributed by atoms with Crippen molar-refractivity contribution in [2.24, 2.45) is 0 Å². The van der Waals surface area contributed by atoms with E-state index in [0.717, 1.165) is 0 Å². The van der Waals surface area contributed by atoms with Crippen molar-refractivity contribution in [3.63, 3.8) is 0 Å². The zero-order chi connectivity index (χ0) is 12.5. The molecule has 1 fully saturated rings. The lowest BCUT2D eigenvalue weighted by Gasteiger charge is -2.08. The Morgan fingerprint density at radius 2 is 1.24 bits per heavy atom. The van der Waals surface area contributed by atoms with Crippen LogP contribution < -0.4 is 5.32 Å². The quantitative estimate of drug-likeness (QED) is 0.720. The molecular weight excluding hydrogens is 208 g/mol. The molecule has 1 N–H and O–H groups in total. The predicted molar refractivity (Wildman–Crippen MR) is 80.4 cm³/mol. The molecular formula is C15H32N2. The van der Waals surface area contributed by atoms with Crippen LogP contribution in [0.4, 0.5) is 0 Å². The Morgan fingerprint density at radius 1 is 0.765 bits per heavy atom. The molecule has 0 amide bonds. The predicted octanol–water partition coefficient (Wildman–Crippen LogP) is 4.53. The van der Waals surface area contributed by atoms with Crippen LogP contribution in [0.25, 0.3) is 0 Å². The van der Waals surface area contributed by atoms with E-state index in [2.05, 4.69) is 10.3 Å². The van der Waals surface area contributed by atoms with Crippen molar-refractivity contribution in [1.29, 1.82) is 0 Å². The molecule has 0 unspecified atom stereocenters. The second-order valence-corrected chi connectivity index (χ2v) is 2.84. The number of nitrogens with zero attached hydrogens (tertiary/aromatic N) is 1. The van der Waals surface area contributed by atoms with Gasteiger partial charge in [0, 0.05) is 12.4 Å². The summed E-state index contributed by atoms with van der Waals surface area (Å²) >= 11 is 0. The van der Waals surface area contributed by atoms with Crippen molar-refractivity contribution >= 4 is 0 Å². The maximum atomic E-state index is 3.78. The molecule has 2 rings (SSSR count). The molecule has 0 radical (unpaired) electrons. The van der Waals surface area contributed by atoms with Crippen LogP contribution in [-0.2, 0) is 0 Å². The zero-order valence-corrected chi connectivity index (χ0v) is 11.4. The summed E-state index contributed by atoms with van der Waals surface area (Å²) in [5.74, 6) is 0. The highest BCUT2D eigenvalue weighted by Crippen LogP contribution is 1.96. The van der Waals surface area contributed by atoms with Gasteiger partial charge in [0.15, 0.2) is 0 Å². The Hall–Kier alpha value is -0.890. The Morgan fingerprint density at radius 3 is 1.35 bits per heavy atom. The Balaban J connectivity index is -0.000000171. The Kier molecular flexibility index (Phi) is 30.7. The minimum atomic E-state index is 0. The SMILES string of the molecule is C.C1CCNCC1.CC.CC.c1ccncc1. The lowest BCUT2D eigenvalue weighted by atomic mass is 10.2. The van der Waals surface area contributed by atoms with E-state index < -0.39 is 0 Å². The number of aromatic nitrogens is 1. The fraction of sp³-hybridized carbons (Fsp3) is 0.667. The van der Waals surface area contributed by atoms with Crippen LogP contribution in [0.5, 0.6) is 0 Å². The summed E-state index contributed by atoms with van der Waals surface area (Å²) in [5, 5.41) is 3.28. The molecule has 0 saturated carbocycles. The first-order chi connectivity index (χ1) is 8.00. The second kappa shape index (κ2) is 24.4. The van der Waals surface area contributed by atoms with Crippen LogP contribution in [0.15, 0.2) is 30.6 Å². The molecule has 2 heteroatoms. The fourth-order valence-electron chi connectivity index (χ4n) is 1.11. The molecule has 1 saturated heterocycles. The largest absolute Gasteiger partial charge is 0.317 e. The lowest BCUT2D eigenvalue weighted by molar-refractivity contribution is 0.520. The van der Waals surface area contributed by atoms with Gasteiger partial charge in [-0.2, -0.15) is 0 Å². The molecule has 102 valence electrons. The van der Waals surface area contributed by atoms with Crippen LogP contribution in [0, 0.1) is 0 Å². The molecule has 0 atom stereocenters. The molecule has 0 aromatic carbocycles. The molecule has 1 aliphatic rings. The normalized spacial score (nSPS) is 12.0. The third-order valence-corrected chi connectivity index (χ3v) is 1.77. The number of hydrogen-bond donors (Lipinski definition) is 1. The van der Waals surface area contributed by atoms with E-state index in [9.17, 15) is 0 Å². The summed E-state index contributed by atoms with van der Waals surface area (Å²) in [6.07, 6.45) is 7.72.